The topological polar surface area (TPSA) is 60.4 Å². The van der Waals surface area contributed by atoms with E-state index in [1.807, 2.05) is 19.2 Å². The number of aromatic nitrogens is 2. The lowest BCUT2D eigenvalue weighted by Gasteiger charge is -2.07. The highest BCUT2D eigenvalue weighted by Gasteiger charge is 2.15. The normalized spacial score (nSPS) is 13.3. The average Bonchev–Trinajstić information content (AvgIpc) is 2.53. The zero-order valence-electron chi connectivity index (χ0n) is 8.32. The predicted octanol–water partition coefficient (Wildman–Crippen LogP) is 1.85. The van der Waals surface area contributed by atoms with Crippen LogP contribution in [-0.2, 0) is 0 Å². The van der Waals surface area contributed by atoms with Gasteiger partial charge in [0.05, 0.1) is 5.69 Å². The number of aryl methyl sites for hydroxylation is 1. The number of rotatable bonds is 1. The van der Waals surface area contributed by atoms with Gasteiger partial charge < -0.3 is 5.73 Å². The van der Waals surface area contributed by atoms with Crippen LogP contribution in [0, 0.1) is 6.92 Å². The molecule has 2 heterocycles. The molecule has 15 heavy (non-hydrogen) atoms. The molecule has 1 unspecified atom stereocenters. The molecule has 2 aromatic rings. The minimum Gasteiger partial charge on any atom is -0.323 e. The number of halogens is 1. The Labute approximate surface area is 98.9 Å². The van der Waals surface area contributed by atoms with Gasteiger partial charge in [-0.1, -0.05) is 0 Å². The van der Waals surface area contributed by atoms with Crippen LogP contribution in [0.3, 0.4) is 0 Å². The molecule has 0 amide bonds. The van der Waals surface area contributed by atoms with Crippen molar-refractivity contribution in [2.75, 3.05) is 0 Å². The van der Waals surface area contributed by atoms with E-state index in [-0.39, 0.29) is 11.6 Å². The second-order valence-electron chi connectivity index (χ2n) is 3.40. The fourth-order valence-electron chi connectivity index (χ4n) is 1.38. The SMILES string of the molecule is Cc1csc2nc(C(C)N)c(Br)c(=O)n12. The monoisotopic (exact) mass is 287 g/mol. The van der Waals surface area contributed by atoms with E-state index in [1.165, 1.54) is 11.3 Å². The zero-order valence-corrected chi connectivity index (χ0v) is 10.7. The van der Waals surface area contributed by atoms with E-state index in [1.54, 1.807) is 4.40 Å². The summed E-state index contributed by atoms with van der Waals surface area (Å²) in [7, 11) is 0. The molecule has 0 spiro atoms. The van der Waals surface area contributed by atoms with Crippen LogP contribution in [-0.4, -0.2) is 9.38 Å². The standard InChI is InChI=1S/C9H10BrN3OS/c1-4-3-15-9-12-7(5(2)11)6(10)8(14)13(4)9/h3,5H,11H2,1-2H3. The van der Waals surface area contributed by atoms with E-state index in [0.29, 0.717) is 15.1 Å². The molecule has 2 rings (SSSR count). The van der Waals surface area contributed by atoms with Gasteiger partial charge in [-0.2, -0.15) is 0 Å². The first-order valence-corrected chi connectivity index (χ1v) is 6.11. The van der Waals surface area contributed by atoms with E-state index < -0.39 is 0 Å². The number of hydrogen-bond donors (Lipinski definition) is 1. The van der Waals surface area contributed by atoms with Crippen molar-refractivity contribution in [1.82, 2.24) is 9.38 Å². The van der Waals surface area contributed by atoms with Crippen LogP contribution in [0.5, 0.6) is 0 Å². The van der Waals surface area contributed by atoms with Crippen molar-refractivity contribution < 1.29 is 0 Å². The molecule has 2 aromatic heterocycles. The summed E-state index contributed by atoms with van der Waals surface area (Å²) in [4.78, 5) is 17.0. The van der Waals surface area contributed by atoms with Crippen LogP contribution in [0.15, 0.2) is 14.6 Å². The zero-order chi connectivity index (χ0) is 11.2. The highest BCUT2D eigenvalue weighted by molar-refractivity contribution is 9.10. The van der Waals surface area contributed by atoms with Gasteiger partial charge in [-0.25, -0.2) is 4.98 Å². The largest absolute Gasteiger partial charge is 0.323 e. The summed E-state index contributed by atoms with van der Waals surface area (Å²) in [6.07, 6.45) is 0. The van der Waals surface area contributed by atoms with Gasteiger partial charge in [-0.15, -0.1) is 11.3 Å². The van der Waals surface area contributed by atoms with Crippen molar-refractivity contribution in [2.24, 2.45) is 5.73 Å². The van der Waals surface area contributed by atoms with Crippen LogP contribution < -0.4 is 11.3 Å². The third kappa shape index (κ3) is 1.62. The van der Waals surface area contributed by atoms with Crippen LogP contribution in [0.2, 0.25) is 0 Å². The quantitative estimate of drug-likeness (QED) is 0.871. The molecule has 0 bridgehead atoms. The maximum Gasteiger partial charge on any atom is 0.273 e. The molecular formula is C9H10BrN3OS. The van der Waals surface area contributed by atoms with Crippen molar-refractivity contribution in [3.63, 3.8) is 0 Å². The smallest absolute Gasteiger partial charge is 0.273 e. The van der Waals surface area contributed by atoms with Gasteiger partial charge in [-0.05, 0) is 29.8 Å². The Morgan fingerprint density at radius 1 is 1.67 bits per heavy atom. The molecule has 0 aliphatic heterocycles. The number of nitrogens with zero attached hydrogens (tertiary/aromatic N) is 2. The third-order valence-electron chi connectivity index (χ3n) is 2.14. The maximum absolute atomic E-state index is 12.0. The van der Waals surface area contributed by atoms with Gasteiger partial charge in [0, 0.05) is 17.1 Å². The fourth-order valence-corrected chi connectivity index (χ4v) is 2.87. The first kappa shape index (κ1) is 10.8. The van der Waals surface area contributed by atoms with E-state index in [9.17, 15) is 4.79 Å². The third-order valence-corrected chi connectivity index (χ3v) is 3.83. The maximum atomic E-state index is 12.0. The molecule has 0 saturated heterocycles. The van der Waals surface area contributed by atoms with E-state index in [0.717, 1.165) is 5.69 Å². The summed E-state index contributed by atoms with van der Waals surface area (Å²) < 4.78 is 2.04. The number of nitrogens with two attached hydrogens (primary N) is 1. The van der Waals surface area contributed by atoms with E-state index >= 15 is 0 Å². The minimum absolute atomic E-state index is 0.0916. The van der Waals surface area contributed by atoms with Crippen LogP contribution in [0.25, 0.3) is 4.96 Å². The Morgan fingerprint density at radius 3 is 2.93 bits per heavy atom. The van der Waals surface area contributed by atoms with Crippen molar-refractivity contribution in [3.8, 4) is 0 Å². The predicted molar refractivity (Wildman–Crippen MR) is 64.4 cm³/mol. The molecule has 0 fully saturated rings. The van der Waals surface area contributed by atoms with Gasteiger partial charge in [0.15, 0.2) is 4.96 Å². The Morgan fingerprint density at radius 2 is 2.33 bits per heavy atom. The summed E-state index contributed by atoms with van der Waals surface area (Å²) in [6.45, 7) is 3.69. The molecule has 4 nitrogen and oxygen atoms in total. The van der Waals surface area contributed by atoms with Gasteiger partial charge in [0.2, 0.25) is 0 Å². The number of thiazole rings is 1. The van der Waals surface area contributed by atoms with E-state index in [2.05, 4.69) is 20.9 Å². The lowest BCUT2D eigenvalue weighted by molar-refractivity contribution is 0.767. The summed E-state index contributed by atoms with van der Waals surface area (Å²) in [5.74, 6) is 0. The molecular weight excluding hydrogens is 278 g/mol. The molecule has 0 saturated carbocycles. The first-order chi connectivity index (χ1) is 7.02. The van der Waals surface area contributed by atoms with Crippen molar-refractivity contribution >= 4 is 32.2 Å². The highest BCUT2D eigenvalue weighted by atomic mass is 79.9. The molecule has 0 aromatic carbocycles. The second-order valence-corrected chi connectivity index (χ2v) is 5.03. The molecule has 0 aliphatic rings. The summed E-state index contributed by atoms with van der Waals surface area (Å²) >= 11 is 4.69. The van der Waals surface area contributed by atoms with Crippen LogP contribution in [0.4, 0.5) is 0 Å². The van der Waals surface area contributed by atoms with Crippen molar-refractivity contribution in [1.29, 1.82) is 0 Å². The van der Waals surface area contributed by atoms with Gasteiger partial charge in [0.1, 0.15) is 4.47 Å². The molecule has 6 heteroatoms. The molecule has 2 N–H and O–H groups in total. The van der Waals surface area contributed by atoms with Crippen LogP contribution in [0.1, 0.15) is 24.4 Å². The number of hydrogen-bond acceptors (Lipinski definition) is 4. The first-order valence-electron chi connectivity index (χ1n) is 4.44. The Balaban J connectivity index is 2.91. The molecule has 80 valence electrons. The second kappa shape index (κ2) is 3.70. The van der Waals surface area contributed by atoms with Crippen molar-refractivity contribution in [3.05, 3.63) is 31.6 Å². The Kier molecular flexibility index (Phi) is 2.66. The van der Waals surface area contributed by atoms with Gasteiger partial charge in [0.25, 0.3) is 5.56 Å². The van der Waals surface area contributed by atoms with E-state index in [4.69, 9.17) is 5.73 Å². The summed E-state index contributed by atoms with van der Waals surface area (Å²) in [5.41, 5.74) is 7.16. The van der Waals surface area contributed by atoms with Crippen LogP contribution >= 0.6 is 27.3 Å². The average molecular weight is 288 g/mol. The van der Waals surface area contributed by atoms with Gasteiger partial charge >= 0.3 is 0 Å². The molecule has 0 aliphatic carbocycles. The Bertz CT molecular complexity index is 572. The lowest BCUT2D eigenvalue weighted by atomic mass is 10.2. The number of fused-ring (bicyclic) bond motifs is 1. The Hall–Kier alpha value is -0.720. The molecule has 0 radical (unpaired) electrons. The van der Waals surface area contributed by atoms with Gasteiger partial charge in [-0.3, -0.25) is 9.20 Å². The summed E-state index contributed by atoms with van der Waals surface area (Å²) in [6, 6.07) is -0.250. The highest BCUT2D eigenvalue weighted by Crippen LogP contribution is 2.20. The van der Waals surface area contributed by atoms with Crippen molar-refractivity contribution in [2.45, 2.75) is 19.9 Å². The minimum atomic E-state index is -0.250. The molecule has 1 atom stereocenters. The fraction of sp³-hybridized carbons (Fsp3) is 0.333. The lowest BCUT2D eigenvalue weighted by Crippen LogP contribution is -2.21. The summed E-state index contributed by atoms with van der Waals surface area (Å²) in [5, 5.41) is 1.90.